The van der Waals surface area contributed by atoms with Gasteiger partial charge in [-0.1, -0.05) is 6.07 Å². The van der Waals surface area contributed by atoms with Crippen LogP contribution in [-0.4, -0.2) is 40.8 Å². The lowest BCUT2D eigenvalue weighted by atomic mass is 9.96. The first-order valence-electron chi connectivity index (χ1n) is 8.45. The van der Waals surface area contributed by atoms with E-state index in [4.69, 9.17) is 9.47 Å². The van der Waals surface area contributed by atoms with Crippen LogP contribution in [0.25, 0.3) is 0 Å². The molecular formula is C18H21N3O3. The van der Waals surface area contributed by atoms with E-state index in [-0.39, 0.29) is 11.9 Å². The van der Waals surface area contributed by atoms with E-state index in [1.165, 1.54) is 0 Å². The van der Waals surface area contributed by atoms with Crippen LogP contribution in [0.15, 0.2) is 24.4 Å². The van der Waals surface area contributed by atoms with Gasteiger partial charge in [0.25, 0.3) is 5.91 Å². The van der Waals surface area contributed by atoms with Gasteiger partial charge in [0.1, 0.15) is 13.2 Å². The van der Waals surface area contributed by atoms with Gasteiger partial charge in [-0.3, -0.25) is 9.89 Å². The number of aryl methyl sites for hydroxylation is 1. The molecule has 3 heterocycles. The van der Waals surface area contributed by atoms with E-state index in [9.17, 15) is 4.79 Å². The molecule has 2 aliphatic heterocycles. The summed E-state index contributed by atoms with van der Waals surface area (Å²) in [5, 5.41) is 7.20. The van der Waals surface area contributed by atoms with Crippen molar-refractivity contribution in [3.8, 4) is 11.5 Å². The van der Waals surface area contributed by atoms with E-state index in [0.29, 0.717) is 30.3 Å². The monoisotopic (exact) mass is 327 g/mol. The molecule has 0 spiro atoms. The number of benzene rings is 1. The topological polar surface area (TPSA) is 67.5 Å². The number of amides is 1. The van der Waals surface area contributed by atoms with Gasteiger partial charge in [-0.2, -0.15) is 5.10 Å². The van der Waals surface area contributed by atoms with E-state index in [1.54, 1.807) is 0 Å². The Kier molecular flexibility index (Phi) is 3.88. The van der Waals surface area contributed by atoms with Crippen LogP contribution >= 0.6 is 0 Å². The summed E-state index contributed by atoms with van der Waals surface area (Å²) in [5.41, 5.74) is 2.70. The molecule has 2 aromatic rings. The Morgan fingerprint density at radius 3 is 3.00 bits per heavy atom. The van der Waals surface area contributed by atoms with Crippen molar-refractivity contribution < 1.29 is 14.3 Å². The quantitative estimate of drug-likeness (QED) is 0.921. The van der Waals surface area contributed by atoms with Gasteiger partial charge >= 0.3 is 0 Å². The fourth-order valence-corrected chi connectivity index (χ4v) is 3.57. The maximum atomic E-state index is 13.2. The van der Waals surface area contributed by atoms with Crippen molar-refractivity contribution in [1.82, 2.24) is 15.1 Å². The van der Waals surface area contributed by atoms with E-state index >= 15 is 0 Å². The largest absolute Gasteiger partial charge is 0.486 e. The van der Waals surface area contributed by atoms with Crippen LogP contribution in [0.5, 0.6) is 11.5 Å². The first kappa shape index (κ1) is 15.1. The van der Waals surface area contributed by atoms with Crippen LogP contribution in [-0.2, 0) is 0 Å². The van der Waals surface area contributed by atoms with Crippen molar-refractivity contribution >= 4 is 5.91 Å². The third-order valence-corrected chi connectivity index (χ3v) is 4.76. The second-order valence-electron chi connectivity index (χ2n) is 6.31. The van der Waals surface area contributed by atoms with Crippen molar-refractivity contribution in [2.75, 3.05) is 19.8 Å². The number of hydrogen-bond donors (Lipinski definition) is 1. The number of carbonyl (C=O) groups excluding carboxylic acids is 1. The van der Waals surface area contributed by atoms with Crippen molar-refractivity contribution in [2.24, 2.45) is 0 Å². The molecule has 126 valence electrons. The zero-order valence-corrected chi connectivity index (χ0v) is 13.7. The smallest absolute Gasteiger partial charge is 0.258 e. The predicted molar refractivity (Wildman–Crippen MR) is 88.4 cm³/mol. The third-order valence-electron chi connectivity index (χ3n) is 4.76. The molecule has 1 amide bonds. The molecule has 24 heavy (non-hydrogen) atoms. The molecule has 6 nitrogen and oxygen atoms in total. The lowest BCUT2D eigenvalue weighted by Crippen LogP contribution is -2.39. The van der Waals surface area contributed by atoms with Crippen molar-refractivity contribution in [1.29, 1.82) is 0 Å². The number of hydrogen-bond acceptors (Lipinski definition) is 4. The molecule has 2 aliphatic rings. The molecule has 6 heteroatoms. The molecule has 1 aromatic carbocycles. The number of nitrogens with one attached hydrogen (secondary N) is 1. The minimum absolute atomic E-state index is 0.00366. The highest BCUT2D eigenvalue weighted by molar-refractivity contribution is 5.98. The van der Waals surface area contributed by atoms with Gasteiger partial charge in [-0.05, 0) is 43.9 Å². The number of aromatic nitrogens is 2. The first-order valence-corrected chi connectivity index (χ1v) is 8.45. The van der Waals surface area contributed by atoms with Crippen LogP contribution in [0, 0.1) is 6.92 Å². The number of rotatable bonds is 2. The number of para-hydroxylation sites is 1. The second-order valence-corrected chi connectivity index (χ2v) is 6.31. The van der Waals surface area contributed by atoms with Gasteiger partial charge in [0.15, 0.2) is 11.5 Å². The number of H-pyrrole nitrogens is 1. The molecule has 0 unspecified atom stereocenters. The van der Waals surface area contributed by atoms with Crippen LogP contribution in [0.2, 0.25) is 0 Å². The Morgan fingerprint density at radius 2 is 2.17 bits per heavy atom. The lowest BCUT2D eigenvalue weighted by molar-refractivity contribution is 0.0596. The summed E-state index contributed by atoms with van der Waals surface area (Å²) in [7, 11) is 0. The summed E-state index contributed by atoms with van der Waals surface area (Å²) in [4.78, 5) is 15.2. The van der Waals surface area contributed by atoms with Gasteiger partial charge in [0, 0.05) is 6.54 Å². The number of fused-ring (bicyclic) bond motifs is 1. The Labute approximate surface area is 140 Å². The fraction of sp³-hybridized carbons (Fsp3) is 0.444. The van der Waals surface area contributed by atoms with Crippen LogP contribution in [0.3, 0.4) is 0 Å². The van der Waals surface area contributed by atoms with Crippen LogP contribution in [0.4, 0.5) is 0 Å². The average Bonchev–Trinajstić information content (AvgIpc) is 3.06. The van der Waals surface area contributed by atoms with E-state index in [2.05, 4.69) is 10.2 Å². The highest BCUT2D eigenvalue weighted by atomic mass is 16.6. The number of ether oxygens (including phenoxy) is 2. The second kappa shape index (κ2) is 6.19. The minimum atomic E-state index is -0.00366. The highest BCUT2D eigenvalue weighted by Crippen LogP contribution is 2.38. The van der Waals surface area contributed by atoms with Gasteiger partial charge in [-0.15, -0.1) is 0 Å². The predicted octanol–water partition coefficient (Wildman–Crippen LogP) is 2.86. The first-order chi connectivity index (χ1) is 11.8. The standard InChI is InChI=1S/C18H21N3O3/c1-12-11-19-20-16(12)14-6-2-3-8-21(14)18(22)13-5-4-7-15-17(13)24-10-9-23-15/h4-5,7,11,14H,2-3,6,8-10H2,1H3,(H,19,20)/t14-/m0/s1. The molecule has 1 atom stereocenters. The number of piperidine rings is 1. The number of aromatic amines is 1. The SMILES string of the molecule is Cc1cn[nH]c1[C@@H]1CCCCN1C(=O)c1cccc2c1OCCO2. The van der Waals surface area contributed by atoms with Gasteiger partial charge in [0.05, 0.1) is 23.5 Å². The van der Waals surface area contributed by atoms with Gasteiger partial charge in [0.2, 0.25) is 0 Å². The number of carbonyl (C=O) groups is 1. The van der Waals surface area contributed by atoms with E-state index in [0.717, 1.165) is 37.1 Å². The molecule has 4 rings (SSSR count). The fourth-order valence-electron chi connectivity index (χ4n) is 3.57. The molecule has 1 aromatic heterocycles. The van der Waals surface area contributed by atoms with Gasteiger partial charge in [-0.25, -0.2) is 0 Å². The molecule has 1 fully saturated rings. The number of nitrogens with zero attached hydrogens (tertiary/aromatic N) is 2. The Balaban J connectivity index is 1.69. The summed E-state index contributed by atoms with van der Waals surface area (Å²) in [6.45, 7) is 3.76. The highest BCUT2D eigenvalue weighted by Gasteiger charge is 2.33. The van der Waals surface area contributed by atoms with Crippen molar-refractivity contribution in [3.63, 3.8) is 0 Å². The Morgan fingerprint density at radius 1 is 1.29 bits per heavy atom. The van der Waals surface area contributed by atoms with Gasteiger partial charge < -0.3 is 14.4 Å². The molecule has 0 radical (unpaired) electrons. The zero-order chi connectivity index (χ0) is 16.5. The average molecular weight is 327 g/mol. The van der Waals surface area contributed by atoms with E-state index < -0.39 is 0 Å². The normalized spacial score (nSPS) is 20.0. The molecule has 1 saturated heterocycles. The summed E-state index contributed by atoms with van der Waals surface area (Å²) < 4.78 is 11.3. The molecule has 0 bridgehead atoms. The summed E-state index contributed by atoms with van der Waals surface area (Å²) in [6, 6.07) is 5.55. The maximum absolute atomic E-state index is 13.2. The lowest BCUT2D eigenvalue weighted by Gasteiger charge is -2.36. The summed E-state index contributed by atoms with van der Waals surface area (Å²) in [5.74, 6) is 1.22. The van der Waals surface area contributed by atoms with Crippen LogP contribution < -0.4 is 9.47 Å². The zero-order valence-electron chi connectivity index (χ0n) is 13.7. The minimum Gasteiger partial charge on any atom is -0.486 e. The summed E-state index contributed by atoms with van der Waals surface area (Å²) in [6.07, 6.45) is 4.89. The maximum Gasteiger partial charge on any atom is 0.258 e. The van der Waals surface area contributed by atoms with E-state index in [1.807, 2.05) is 36.2 Å². The summed E-state index contributed by atoms with van der Waals surface area (Å²) >= 11 is 0. The third kappa shape index (κ3) is 2.52. The Hall–Kier alpha value is -2.50. The molecule has 1 N–H and O–H groups in total. The van der Waals surface area contributed by atoms with Crippen molar-refractivity contribution in [3.05, 3.63) is 41.2 Å². The molecule has 0 aliphatic carbocycles. The van der Waals surface area contributed by atoms with Crippen LogP contribution in [0.1, 0.15) is 46.9 Å². The number of likely N-dealkylation sites (tertiary alicyclic amines) is 1. The Bertz CT molecular complexity index is 756. The molecular weight excluding hydrogens is 306 g/mol. The molecule has 0 saturated carbocycles. The van der Waals surface area contributed by atoms with Crippen molar-refractivity contribution in [2.45, 2.75) is 32.2 Å².